The summed E-state index contributed by atoms with van der Waals surface area (Å²) < 4.78 is 0. The van der Waals surface area contributed by atoms with Crippen LogP contribution in [0.4, 0.5) is 11.4 Å². The third-order valence-electron chi connectivity index (χ3n) is 5.93. The molecule has 1 aliphatic carbocycles. The highest BCUT2D eigenvalue weighted by Gasteiger charge is 2.36. The lowest BCUT2D eigenvalue weighted by Gasteiger charge is -2.29. The maximum atomic E-state index is 9.47. The van der Waals surface area contributed by atoms with E-state index < -0.39 is 7.12 Å². The topological polar surface area (TPSA) is 43.7 Å². The molecule has 0 spiro atoms. The van der Waals surface area contributed by atoms with Crippen molar-refractivity contribution in [3.8, 4) is 0 Å². The zero-order valence-corrected chi connectivity index (χ0v) is 19.0. The van der Waals surface area contributed by atoms with Crippen molar-refractivity contribution in [3.63, 3.8) is 0 Å². The monoisotopic (exact) mass is 423 g/mol. The van der Waals surface area contributed by atoms with Gasteiger partial charge in [-0.05, 0) is 71.1 Å². The van der Waals surface area contributed by atoms with Crippen LogP contribution in [0.3, 0.4) is 0 Å². The Bertz CT molecular complexity index is 1130. The van der Waals surface area contributed by atoms with Gasteiger partial charge in [-0.15, -0.1) is 0 Å². The molecule has 0 atom stereocenters. The number of benzene rings is 2. The lowest BCUT2D eigenvalue weighted by atomic mass is 9.80. The maximum Gasteiger partial charge on any atom is 0.488 e. The molecule has 0 saturated carbocycles. The first-order chi connectivity index (χ1) is 15.3. The predicted molar refractivity (Wildman–Crippen MR) is 138 cm³/mol. The average molecular weight is 423 g/mol. The lowest BCUT2D eigenvalue weighted by molar-refractivity contribution is 0.426. The van der Waals surface area contributed by atoms with Crippen molar-refractivity contribution in [1.82, 2.24) is 0 Å². The van der Waals surface area contributed by atoms with Crippen LogP contribution < -0.4 is 10.4 Å². The first-order valence-electron chi connectivity index (χ1n) is 10.7. The zero-order chi connectivity index (χ0) is 23.5. The smallest absolute Gasteiger partial charge is 0.423 e. The molecule has 3 rings (SSSR count). The summed E-state index contributed by atoms with van der Waals surface area (Å²) in [5.74, 6) is 0. The van der Waals surface area contributed by atoms with Crippen LogP contribution in [0.15, 0.2) is 110 Å². The molecule has 0 amide bonds. The average Bonchev–Trinajstić information content (AvgIpc) is 3.00. The Hall–Kier alpha value is -3.34. The fraction of sp³-hybridized carbons (Fsp3) is 0.143. The minimum Gasteiger partial charge on any atom is -0.423 e. The summed E-state index contributed by atoms with van der Waals surface area (Å²) in [6.45, 7) is 18.4. The lowest BCUT2D eigenvalue weighted by Crippen LogP contribution is -2.29. The van der Waals surface area contributed by atoms with Crippen molar-refractivity contribution >= 4 is 29.5 Å². The van der Waals surface area contributed by atoms with E-state index in [9.17, 15) is 10.0 Å². The molecule has 1 aliphatic rings. The second-order valence-electron chi connectivity index (χ2n) is 8.22. The zero-order valence-electron chi connectivity index (χ0n) is 19.0. The maximum absolute atomic E-state index is 9.47. The Morgan fingerprint density at radius 3 is 2.19 bits per heavy atom. The van der Waals surface area contributed by atoms with Gasteiger partial charge in [0.25, 0.3) is 0 Å². The van der Waals surface area contributed by atoms with E-state index in [1.54, 1.807) is 24.3 Å². The summed E-state index contributed by atoms with van der Waals surface area (Å²) in [6, 6.07) is 13.6. The molecular formula is C28H30BNO2. The molecule has 0 aliphatic heterocycles. The summed E-state index contributed by atoms with van der Waals surface area (Å²) in [6.07, 6.45) is 11.6. The molecule has 2 aromatic rings. The van der Waals surface area contributed by atoms with Crippen LogP contribution in [0.2, 0.25) is 0 Å². The van der Waals surface area contributed by atoms with Crippen LogP contribution in [0, 0.1) is 0 Å². The van der Waals surface area contributed by atoms with Crippen molar-refractivity contribution in [2.45, 2.75) is 26.2 Å². The highest BCUT2D eigenvalue weighted by molar-refractivity contribution is 6.58. The third-order valence-corrected chi connectivity index (χ3v) is 5.93. The first-order valence-corrected chi connectivity index (χ1v) is 10.7. The van der Waals surface area contributed by atoms with Crippen LogP contribution in [-0.4, -0.2) is 17.2 Å². The van der Waals surface area contributed by atoms with Gasteiger partial charge < -0.3 is 14.9 Å². The van der Waals surface area contributed by atoms with Gasteiger partial charge >= 0.3 is 7.12 Å². The second-order valence-corrected chi connectivity index (χ2v) is 8.22. The molecule has 0 radical (unpaired) electrons. The highest BCUT2D eigenvalue weighted by atomic mass is 16.4. The number of anilines is 2. The van der Waals surface area contributed by atoms with Crippen molar-refractivity contribution in [2.24, 2.45) is 0 Å². The van der Waals surface area contributed by atoms with E-state index in [1.165, 1.54) is 16.7 Å². The van der Waals surface area contributed by atoms with Crippen LogP contribution in [0.1, 0.15) is 31.9 Å². The Morgan fingerprint density at radius 2 is 1.66 bits per heavy atom. The summed E-state index contributed by atoms with van der Waals surface area (Å²) in [4.78, 5) is 2.08. The molecule has 4 heteroatoms. The molecule has 0 unspecified atom stereocenters. The van der Waals surface area contributed by atoms with Gasteiger partial charge in [-0.25, -0.2) is 0 Å². The molecule has 0 fully saturated rings. The van der Waals surface area contributed by atoms with Gasteiger partial charge in [0.15, 0.2) is 0 Å². The van der Waals surface area contributed by atoms with Gasteiger partial charge in [0.05, 0.1) is 0 Å². The highest BCUT2D eigenvalue weighted by Crippen LogP contribution is 2.49. The number of nitrogens with zero attached hydrogens (tertiary/aromatic N) is 1. The fourth-order valence-corrected chi connectivity index (χ4v) is 4.33. The SMILES string of the molecule is C=C/C=C(\C=C)N(c1ccc(B(O)O)cc1)c1ccc2c(c1)C(C)(C)C(/C=C\C)=C2C=C. The Labute approximate surface area is 191 Å². The fourth-order valence-electron chi connectivity index (χ4n) is 4.33. The molecule has 3 nitrogen and oxygen atoms in total. The van der Waals surface area contributed by atoms with E-state index in [1.807, 2.05) is 31.2 Å². The van der Waals surface area contributed by atoms with Crippen molar-refractivity contribution in [1.29, 1.82) is 0 Å². The van der Waals surface area contributed by atoms with Gasteiger partial charge in [0, 0.05) is 22.5 Å². The van der Waals surface area contributed by atoms with Gasteiger partial charge in [-0.2, -0.15) is 0 Å². The number of hydrogen-bond acceptors (Lipinski definition) is 3. The molecule has 32 heavy (non-hydrogen) atoms. The molecule has 162 valence electrons. The largest absolute Gasteiger partial charge is 0.488 e. The molecule has 0 bridgehead atoms. The van der Waals surface area contributed by atoms with Crippen molar-refractivity contribution < 1.29 is 10.0 Å². The number of rotatable bonds is 8. The first kappa shape index (κ1) is 23.3. The van der Waals surface area contributed by atoms with Crippen LogP contribution in [0.25, 0.3) is 5.57 Å². The molecule has 0 heterocycles. The van der Waals surface area contributed by atoms with Crippen molar-refractivity contribution in [3.05, 3.63) is 121 Å². The van der Waals surface area contributed by atoms with Gasteiger partial charge in [-0.3, -0.25) is 0 Å². The van der Waals surface area contributed by atoms with E-state index in [2.05, 4.69) is 68.8 Å². The summed E-state index contributed by atoms with van der Waals surface area (Å²) in [5, 5.41) is 18.9. The van der Waals surface area contributed by atoms with Crippen LogP contribution in [-0.2, 0) is 5.41 Å². The quantitative estimate of drug-likeness (QED) is 0.431. The second kappa shape index (κ2) is 9.43. The Balaban J connectivity index is 2.20. The Morgan fingerprint density at radius 1 is 1.00 bits per heavy atom. The normalized spacial score (nSPS) is 15.0. The molecular weight excluding hydrogens is 393 g/mol. The van der Waals surface area contributed by atoms with Gasteiger partial charge in [0.1, 0.15) is 0 Å². The minimum absolute atomic E-state index is 0.172. The molecule has 2 N–H and O–H groups in total. The summed E-state index contributed by atoms with van der Waals surface area (Å²) in [5.41, 5.74) is 7.81. The summed E-state index contributed by atoms with van der Waals surface area (Å²) >= 11 is 0. The molecule has 0 saturated heterocycles. The summed E-state index contributed by atoms with van der Waals surface area (Å²) in [7, 11) is -1.51. The third kappa shape index (κ3) is 4.07. The van der Waals surface area contributed by atoms with Gasteiger partial charge in [0.2, 0.25) is 0 Å². The van der Waals surface area contributed by atoms with Crippen LogP contribution >= 0.6 is 0 Å². The standard InChI is InChI=1S/C28H30BNO2/c1-7-11-21(9-3)30(22-15-13-20(14-16-22)29(31)32)23-17-18-25-24(10-4)26(12-8-2)28(5,6)27(25)19-23/h7-19,31-32H,1,3-4H2,2,5-6H3/b12-8-,21-11+. The van der Waals surface area contributed by atoms with E-state index in [-0.39, 0.29) is 5.41 Å². The van der Waals surface area contributed by atoms with E-state index in [4.69, 9.17) is 0 Å². The van der Waals surface area contributed by atoms with E-state index in [0.717, 1.165) is 22.6 Å². The molecule has 0 aromatic heterocycles. The van der Waals surface area contributed by atoms with Crippen molar-refractivity contribution in [2.75, 3.05) is 4.90 Å². The number of allylic oxidation sites excluding steroid dienone is 8. The minimum atomic E-state index is -1.51. The Kier molecular flexibility index (Phi) is 6.88. The predicted octanol–water partition coefficient (Wildman–Crippen LogP) is 5.57. The number of hydrogen-bond donors (Lipinski definition) is 2. The van der Waals surface area contributed by atoms with Gasteiger partial charge in [-0.1, -0.05) is 76.1 Å². The van der Waals surface area contributed by atoms with E-state index >= 15 is 0 Å². The van der Waals surface area contributed by atoms with E-state index in [0.29, 0.717) is 5.46 Å². The van der Waals surface area contributed by atoms with Crippen LogP contribution in [0.5, 0.6) is 0 Å². The number of fused-ring (bicyclic) bond motifs is 1. The molecule has 2 aromatic carbocycles.